The van der Waals surface area contributed by atoms with Gasteiger partial charge in [-0.1, -0.05) is 18.9 Å². The predicted molar refractivity (Wildman–Crippen MR) is 81.5 cm³/mol. The standard InChI is InChI=1S/C16H20N2O3/c19-9-13(17-10-3-1-2-4-10)11-5-7-14(20)16-12(11)6-8-15(21)18-16/h5-8,10,13,17,19-20H,1-4,9H2,(H,18,21). The molecule has 2 aromatic rings. The van der Waals surface area contributed by atoms with Gasteiger partial charge in [-0.05, 0) is 30.5 Å². The Kier molecular flexibility index (Phi) is 3.94. The van der Waals surface area contributed by atoms with Gasteiger partial charge in [0.1, 0.15) is 5.75 Å². The van der Waals surface area contributed by atoms with Gasteiger partial charge < -0.3 is 20.5 Å². The van der Waals surface area contributed by atoms with Crippen LogP contribution < -0.4 is 10.9 Å². The summed E-state index contributed by atoms with van der Waals surface area (Å²) < 4.78 is 0. The summed E-state index contributed by atoms with van der Waals surface area (Å²) in [5.74, 6) is 0.0454. The monoisotopic (exact) mass is 288 g/mol. The third-order valence-electron chi connectivity index (χ3n) is 4.26. The van der Waals surface area contributed by atoms with Crippen LogP contribution in [0.25, 0.3) is 10.9 Å². The topological polar surface area (TPSA) is 85.3 Å². The number of aliphatic hydroxyl groups is 1. The molecule has 1 aliphatic rings. The SMILES string of the molecule is O=c1ccc2c(C(CO)NC3CCCC3)ccc(O)c2[nH]1. The Morgan fingerprint density at radius 3 is 2.71 bits per heavy atom. The van der Waals surface area contributed by atoms with Crippen molar-refractivity contribution in [2.75, 3.05) is 6.61 Å². The van der Waals surface area contributed by atoms with Crippen molar-refractivity contribution in [3.05, 3.63) is 40.2 Å². The summed E-state index contributed by atoms with van der Waals surface area (Å²) in [6, 6.07) is 6.74. The Hall–Kier alpha value is -1.85. The van der Waals surface area contributed by atoms with Gasteiger partial charge in [0.25, 0.3) is 0 Å². The maximum absolute atomic E-state index is 11.4. The Labute approximate surface area is 122 Å². The Morgan fingerprint density at radius 2 is 2.00 bits per heavy atom. The third-order valence-corrected chi connectivity index (χ3v) is 4.26. The summed E-state index contributed by atoms with van der Waals surface area (Å²) in [5, 5.41) is 23.9. The van der Waals surface area contributed by atoms with Crippen molar-refractivity contribution in [1.29, 1.82) is 0 Å². The molecule has 4 N–H and O–H groups in total. The minimum Gasteiger partial charge on any atom is -0.506 e. The molecule has 21 heavy (non-hydrogen) atoms. The number of benzene rings is 1. The van der Waals surface area contributed by atoms with Crippen molar-refractivity contribution in [3.8, 4) is 5.75 Å². The molecule has 0 aliphatic heterocycles. The number of hydrogen-bond acceptors (Lipinski definition) is 4. The highest BCUT2D eigenvalue weighted by Gasteiger charge is 2.21. The van der Waals surface area contributed by atoms with Crippen LogP contribution in [0.3, 0.4) is 0 Å². The van der Waals surface area contributed by atoms with Gasteiger partial charge in [-0.15, -0.1) is 0 Å². The first kappa shape index (κ1) is 14.1. The molecule has 3 rings (SSSR count). The molecule has 0 saturated heterocycles. The first-order valence-corrected chi connectivity index (χ1v) is 7.41. The minimum atomic E-state index is -0.251. The largest absolute Gasteiger partial charge is 0.506 e. The number of aromatic nitrogens is 1. The molecular weight excluding hydrogens is 268 g/mol. The van der Waals surface area contributed by atoms with E-state index in [0.717, 1.165) is 23.8 Å². The molecule has 0 amide bonds. The summed E-state index contributed by atoms with van der Waals surface area (Å²) in [5.41, 5.74) is 1.07. The van der Waals surface area contributed by atoms with E-state index in [9.17, 15) is 15.0 Å². The fourth-order valence-electron chi connectivity index (χ4n) is 3.18. The second kappa shape index (κ2) is 5.87. The van der Waals surface area contributed by atoms with E-state index in [2.05, 4.69) is 10.3 Å². The van der Waals surface area contributed by atoms with E-state index < -0.39 is 0 Å². The zero-order valence-corrected chi connectivity index (χ0v) is 11.8. The molecule has 0 spiro atoms. The van der Waals surface area contributed by atoms with E-state index in [1.165, 1.54) is 18.9 Å². The van der Waals surface area contributed by atoms with Gasteiger partial charge in [0.15, 0.2) is 0 Å². The van der Waals surface area contributed by atoms with E-state index in [1.54, 1.807) is 18.2 Å². The van der Waals surface area contributed by atoms with Gasteiger partial charge in [-0.3, -0.25) is 4.79 Å². The number of rotatable bonds is 4. The quantitative estimate of drug-likeness (QED) is 0.691. The predicted octanol–water partition coefficient (Wildman–Crippen LogP) is 1.80. The molecule has 0 bridgehead atoms. The van der Waals surface area contributed by atoms with Gasteiger partial charge in [0.2, 0.25) is 5.56 Å². The Balaban J connectivity index is 2.01. The van der Waals surface area contributed by atoms with Crippen LogP contribution in [0.15, 0.2) is 29.1 Å². The molecular formula is C16H20N2O3. The highest BCUT2D eigenvalue weighted by molar-refractivity contribution is 5.87. The number of H-pyrrole nitrogens is 1. The van der Waals surface area contributed by atoms with Crippen LogP contribution in [-0.4, -0.2) is 27.8 Å². The van der Waals surface area contributed by atoms with Crippen LogP contribution in [0.2, 0.25) is 0 Å². The van der Waals surface area contributed by atoms with Crippen LogP contribution in [0.4, 0.5) is 0 Å². The zero-order chi connectivity index (χ0) is 14.8. The third kappa shape index (κ3) is 2.80. The summed E-state index contributed by atoms with van der Waals surface area (Å²) in [7, 11) is 0. The average molecular weight is 288 g/mol. The number of phenolic OH excluding ortho intramolecular Hbond substituents is 1. The van der Waals surface area contributed by atoms with Gasteiger partial charge >= 0.3 is 0 Å². The molecule has 5 nitrogen and oxygen atoms in total. The molecule has 1 aliphatic carbocycles. The summed E-state index contributed by atoms with van der Waals surface area (Å²) in [4.78, 5) is 14.1. The van der Waals surface area contributed by atoms with Crippen LogP contribution in [0.5, 0.6) is 5.75 Å². The number of nitrogens with one attached hydrogen (secondary N) is 2. The van der Waals surface area contributed by atoms with E-state index in [0.29, 0.717) is 11.6 Å². The Bertz CT molecular complexity index is 689. The lowest BCUT2D eigenvalue weighted by Crippen LogP contribution is -2.32. The van der Waals surface area contributed by atoms with Gasteiger partial charge in [-0.2, -0.15) is 0 Å². The minimum absolute atomic E-state index is 0.0184. The van der Waals surface area contributed by atoms with Crippen molar-refractivity contribution >= 4 is 10.9 Å². The van der Waals surface area contributed by atoms with Crippen molar-refractivity contribution in [2.24, 2.45) is 0 Å². The highest BCUT2D eigenvalue weighted by atomic mass is 16.3. The van der Waals surface area contributed by atoms with Crippen molar-refractivity contribution < 1.29 is 10.2 Å². The van der Waals surface area contributed by atoms with Gasteiger partial charge in [-0.25, -0.2) is 0 Å². The second-order valence-corrected chi connectivity index (χ2v) is 5.67. The molecule has 1 fully saturated rings. The van der Waals surface area contributed by atoms with Crippen LogP contribution >= 0.6 is 0 Å². The number of fused-ring (bicyclic) bond motifs is 1. The molecule has 0 radical (unpaired) electrons. The fraction of sp³-hybridized carbons (Fsp3) is 0.438. The van der Waals surface area contributed by atoms with Gasteiger partial charge in [0.05, 0.1) is 18.2 Å². The van der Waals surface area contributed by atoms with Crippen molar-refractivity contribution in [1.82, 2.24) is 10.3 Å². The molecule has 1 atom stereocenters. The van der Waals surface area contributed by atoms with Crippen LogP contribution in [0.1, 0.15) is 37.3 Å². The number of aliphatic hydroxyl groups excluding tert-OH is 1. The van der Waals surface area contributed by atoms with Gasteiger partial charge in [0, 0.05) is 17.5 Å². The molecule has 1 aromatic heterocycles. The van der Waals surface area contributed by atoms with Crippen molar-refractivity contribution in [3.63, 3.8) is 0 Å². The number of pyridine rings is 1. The lowest BCUT2D eigenvalue weighted by atomic mass is 10.00. The second-order valence-electron chi connectivity index (χ2n) is 5.67. The molecule has 1 heterocycles. The maximum atomic E-state index is 11.4. The first-order valence-electron chi connectivity index (χ1n) is 7.41. The molecule has 1 aromatic carbocycles. The smallest absolute Gasteiger partial charge is 0.248 e. The molecule has 5 heteroatoms. The average Bonchev–Trinajstić information content (AvgIpc) is 2.99. The summed E-state index contributed by atoms with van der Waals surface area (Å²) >= 11 is 0. The van der Waals surface area contributed by atoms with Crippen molar-refractivity contribution in [2.45, 2.75) is 37.8 Å². The van der Waals surface area contributed by atoms with Crippen LogP contribution in [0, 0.1) is 0 Å². The fourth-order valence-corrected chi connectivity index (χ4v) is 3.18. The molecule has 112 valence electrons. The Morgan fingerprint density at radius 1 is 1.24 bits per heavy atom. The lowest BCUT2D eigenvalue weighted by Gasteiger charge is -2.23. The van der Waals surface area contributed by atoms with E-state index in [1.807, 2.05) is 0 Å². The summed E-state index contributed by atoms with van der Waals surface area (Å²) in [6.07, 6.45) is 4.70. The lowest BCUT2D eigenvalue weighted by molar-refractivity contribution is 0.234. The molecule has 1 saturated carbocycles. The zero-order valence-electron chi connectivity index (χ0n) is 11.8. The molecule has 1 unspecified atom stereocenters. The van der Waals surface area contributed by atoms with Crippen LogP contribution in [-0.2, 0) is 0 Å². The normalized spacial score (nSPS) is 17.4. The number of hydrogen-bond donors (Lipinski definition) is 4. The van der Waals surface area contributed by atoms with E-state index >= 15 is 0 Å². The number of phenols is 1. The first-order chi connectivity index (χ1) is 10.2. The number of aromatic amines is 1. The highest BCUT2D eigenvalue weighted by Crippen LogP contribution is 2.30. The van der Waals surface area contributed by atoms with E-state index in [-0.39, 0.29) is 24.0 Å². The maximum Gasteiger partial charge on any atom is 0.248 e. The summed E-state index contributed by atoms with van der Waals surface area (Å²) in [6.45, 7) is -0.0184. The van der Waals surface area contributed by atoms with E-state index in [4.69, 9.17) is 0 Å². The number of aromatic hydroxyl groups is 1.